The van der Waals surface area contributed by atoms with E-state index in [0.29, 0.717) is 5.92 Å². The molecule has 0 rings (SSSR count). The Kier molecular flexibility index (Phi) is 31.6. The monoisotopic (exact) mass is 554 g/mol. The van der Waals surface area contributed by atoms with Gasteiger partial charge in [0.1, 0.15) is 0 Å². The molecule has 0 saturated heterocycles. The summed E-state index contributed by atoms with van der Waals surface area (Å²) in [7, 11) is 0. The normalized spacial score (nSPS) is 13.6. The van der Waals surface area contributed by atoms with Crippen molar-refractivity contribution in [2.45, 2.75) is 214 Å². The molecule has 0 fully saturated rings. The van der Waals surface area contributed by atoms with Crippen LogP contribution >= 0.6 is 0 Å². The Balaban J connectivity index is 0. The lowest BCUT2D eigenvalue weighted by atomic mass is 9.65. The minimum absolute atomic E-state index is 0. The Labute approximate surface area is 247 Å². The summed E-state index contributed by atoms with van der Waals surface area (Å²) in [6.45, 7) is 8.94. The lowest BCUT2D eigenvalue weighted by Crippen LogP contribution is -2.47. The Morgan fingerprint density at radius 3 is 1.15 bits per heavy atom. The average Bonchev–Trinajstić information content (AvgIpc) is 2.91. The van der Waals surface area contributed by atoms with E-state index < -0.39 is 11.4 Å². The van der Waals surface area contributed by atoms with Crippen LogP contribution < -0.4 is 11.3 Å². The standard InChI is InChI=1S/C36H72O2.H3N/c1-5-9-11-13-15-17-19-20-21-22-24-26-28-31-34(30-7-3)36(32-8-4,35(37)38)33-29-27-25-23-18-16-14-12-10-6-2;/h34H,5-33H2,1-4H3,(H,37,38);1H3. The first kappa shape index (κ1) is 40.6. The fraction of sp³-hybridized carbons (Fsp3) is 0.972. The molecule has 0 aromatic rings. The highest BCUT2D eigenvalue weighted by Crippen LogP contribution is 2.43. The first-order chi connectivity index (χ1) is 18.6. The Morgan fingerprint density at radius 1 is 0.462 bits per heavy atom. The van der Waals surface area contributed by atoms with E-state index in [9.17, 15) is 9.90 Å². The molecule has 0 aliphatic carbocycles. The highest BCUT2D eigenvalue weighted by atomic mass is 16.4. The molecule has 0 amide bonds. The molecule has 0 aliphatic heterocycles. The van der Waals surface area contributed by atoms with Crippen LogP contribution in [0.25, 0.3) is 0 Å². The molecule has 236 valence electrons. The summed E-state index contributed by atoms with van der Waals surface area (Å²) >= 11 is 0. The van der Waals surface area contributed by atoms with Gasteiger partial charge in [-0.2, -0.15) is 0 Å². The van der Waals surface area contributed by atoms with Gasteiger partial charge in [-0.15, -0.1) is 0 Å². The largest absolute Gasteiger partial charge is 0.550 e. The third-order valence-corrected chi connectivity index (χ3v) is 9.15. The average molecular weight is 554 g/mol. The predicted octanol–water partition coefficient (Wildman–Crippen LogP) is 12.1. The summed E-state index contributed by atoms with van der Waals surface area (Å²) < 4.78 is 0. The highest BCUT2D eigenvalue weighted by molar-refractivity contribution is 5.72. The second-order valence-corrected chi connectivity index (χ2v) is 12.6. The Bertz CT molecular complexity index is 494. The van der Waals surface area contributed by atoms with Gasteiger partial charge in [0, 0.05) is 11.4 Å². The summed E-state index contributed by atoms with van der Waals surface area (Å²) in [6, 6.07) is 0. The summed E-state index contributed by atoms with van der Waals surface area (Å²) in [6.07, 6.45) is 36.6. The zero-order chi connectivity index (χ0) is 28.2. The van der Waals surface area contributed by atoms with E-state index >= 15 is 0 Å². The van der Waals surface area contributed by atoms with Crippen molar-refractivity contribution >= 4 is 5.97 Å². The minimum Gasteiger partial charge on any atom is -0.550 e. The van der Waals surface area contributed by atoms with Gasteiger partial charge in [0.05, 0.1) is 0 Å². The molecule has 0 aromatic heterocycles. The quantitative estimate of drug-likeness (QED) is 0.0866. The molecule has 0 spiro atoms. The number of unbranched alkanes of at least 4 members (excludes halogenated alkanes) is 21. The summed E-state index contributed by atoms with van der Waals surface area (Å²) in [5, 5.41) is 12.6. The van der Waals surface area contributed by atoms with Crippen LogP contribution in [0.3, 0.4) is 0 Å². The van der Waals surface area contributed by atoms with Crippen LogP contribution in [0.5, 0.6) is 0 Å². The molecule has 0 bridgehead atoms. The maximum atomic E-state index is 12.6. The van der Waals surface area contributed by atoms with E-state index in [1.807, 2.05) is 0 Å². The number of carbonyl (C=O) groups is 1. The summed E-state index contributed by atoms with van der Waals surface area (Å²) in [5.74, 6) is -0.452. The Hall–Kier alpha value is -0.570. The first-order valence-electron chi connectivity index (χ1n) is 17.8. The van der Waals surface area contributed by atoms with Gasteiger partial charge in [0.2, 0.25) is 0 Å². The third kappa shape index (κ3) is 21.8. The molecular formula is C36H75NO2. The molecule has 0 heterocycles. The van der Waals surface area contributed by atoms with Crippen LogP contribution in [0.1, 0.15) is 214 Å². The van der Waals surface area contributed by atoms with Crippen LogP contribution in [0.2, 0.25) is 0 Å². The van der Waals surface area contributed by atoms with Crippen molar-refractivity contribution in [2.75, 3.05) is 0 Å². The zero-order valence-corrected chi connectivity index (χ0v) is 27.9. The van der Waals surface area contributed by atoms with E-state index in [0.717, 1.165) is 44.9 Å². The van der Waals surface area contributed by atoms with Crippen molar-refractivity contribution in [1.82, 2.24) is 6.15 Å². The number of aliphatic carboxylic acids is 1. The number of hydrogen-bond donors (Lipinski definition) is 1. The fourth-order valence-corrected chi connectivity index (χ4v) is 6.73. The fourth-order valence-electron chi connectivity index (χ4n) is 6.73. The maximum Gasteiger partial charge on any atom is 0.0478 e. The Morgan fingerprint density at radius 2 is 0.821 bits per heavy atom. The van der Waals surface area contributed by atoms with E-state index in [1.54, 1.807) is 0 Å². The van der Waals surface area contributed by atoms with Gasteiger partial charge in [-0.25, -0.2) is 0 Å². The lowest BCUT2D eigenvalue weighted by molar-refractivity contribution is -0.323. The molecule has 3 heteroatoms. The van der Waals surface area contributed by atoms with Gasteiger partial charge >= 0.3 is 0 Å². The molecule has 2 atom stereocenters. The van der Waals surface area contributed by atoms with Gasteiger partial charge in [0.25, 0.3) is 0 Å². The van der Waals surface area contributed by atoms with Crippen molar-refractivity contribution in [2.24, 2.45) is 11.3 Å². The lowest BCUT2D eigenvalue weighted by Gasteiger charge is -2.42. The van der Waals surface area contributed by atoms with E-state index in [1.165, 1.54) is 141 Å². The van der Waals surface area contributed by atoms with E-state index in [2.05, 4.69) is 27.7 Å². The van der Waals surface area contributed by atoms with Gasteiger partial charge < -0.3 is 16.1 Å². The number of quaternary nitrogens is 1. The number of carboxylic acids is 1. The van der Waals surface area contributed by atoms with Crippen LogP contribution in [-0.2, 0) is 4.79 Å². The molecule has 4 N–H and O–H groups in total. The summed E-state index contributed by atoms with van der Waals surface area (Å²) in [5.41, 5.74) is -0.595. The topological polar surface area (TPSA) is 76.6 Å². The molecule has 2 unspecified atom stereocenters. The van der Waals surface area contributed by atoms with Gasteiger partial charge in [-0.05, 0) is 31.6 Å². The molecule has 0 aliphatic rings. The van der Waals surface area contributed by atoms with Crippen molar-refractivity contribution in [3.63, 3.8) is 0 Å². The van der Waals surface area contributed by atoms with E-state index in [4.69, 9.17) is 0 Å². The molecule has 0 aromatic carbocycles. The van der Waals surface area contributed by atoms with Crippen molar-refractivity contribution in [3.8, 4) is 0 Å². The van der Waals surface area contributed by atoms with Crippen LogP contribution in [0.4, 0.5) is 0 Å². The van der Waals surface area contributed by atoms with Gasteiger partial charge in [0.15, 0.2) is 0 Å². The summed E-state index contributed by atoms with van der Waals surface area (Å²) in [4.78, 5) is 12.6. The molecule has 0 saturated carbocycles. The van der Waals surface area contributed by atoms with Crippen molar-refractivity contribution < 1.29 is 9.90 Å². The molecule has 0 radical (unpaired) electrons. The highest BCUT2D eigenvalue weighted by Gasteiger charge is 2.38. The van der Waals surface area contributed by atoms with E-state index in [-0.39, 0.29) is 6.15 Å². The van der Waals surface area contributed by atoms with Gasteiger partial charge in [-0.1, -0.05) is 188 Å². The van der Waals surface area contributed by atoms with Gasteiger partial charge in [-0.3, -0.25) is 0 Å². The van der Waals surface area contributed by atoms with Crippen LogP contribution in [-0.4, -0.2) is 5.97 Å². The minimum atomic E-state index is -0.747. The SMILES string of the molecule is CCCCCCCCCCCCCCCC(CCC)C(CCC)(CCCCCCCCCCCC)C(=O)[O-].[NH4+]. The first-order valence-corrected chi connectivity index (χ1v) is 17.8. The second kappa shape index (κ2) is 30.4. The maximum absolute atomic E-state index is 12.6. The molecular weight excluding hydrogens is 478 g/mol. The number of hydrogen-bond acceptors (Lipinski definition) is 2. The van der Waals surface area contributed by atoms with Crippen LogP contribution in [0.15, 0.2) is 0 Å². The zero-order valence-electron chi connectivity index (χ0n) is 27.9. The number of carboxylic acid groups (broad SMARTS) is 1. The second-order valence-electron chi connectivity index (χ2n) is 12.6. The third-order valence-electron chi connectivity index (χ3n) is 9.15. The van der Waals surface area contributed by atoms with Crippen molar-refractivity contribution in [1.29, 1.82) is 0 Å². The smallest absolute Gasteiger partial charge is 0.0478 e. The predicted molar refractivity (Wildman–Crippen MR) is 174 cm³/mol. The molecule has 39 heavy (non-hydrogen) atoms. The molecule has 3 nitrogen and oxygen atoms in total. The van der Waals surface area contributed by atoms with Crippen LogP contribution in [0, 0.1) is 11.3 Å². The number of rotatable bonds is 31. The number of carbonyl (C=O) groups excluding carboxylic acids is 1. The van der Waals surface area contributed by atoms with Crippen molar-refractivity contribution in [3.05, 3.63) is 0 Å².